The number of nitrogens with zero attached hydrogens (tertiary/aromatic N) is 1. The molecule has 3 atom stereocenters. The molecule has 0 amide bonds. The lowest BCUT2D eigenvalue weighted by Crippen LogP contribution is -2.51. The first kappa shape index (κ1) is 13.9. The van der Waals surface area contributed by atoms with Crippen LogP contribution in [0.1, 0.15) is 6.92 Å². The average Bonchev–Trinajstić information content (AvgIpc) is 2.30. The van der Waals surface area contributed by atoms with Gasteiger partial charge in [-0.15, -0.1) is 0 Å². The fourth-order valence-electron chi connectivity index (χ4n) is 1.65. The van der Waals surface area contributed by atoms with Gasteiger partial charge in [0.05, 0.1) is 26.4 Å². The molecule has 6 heteroatoms. The molecule has 1 aliphatic heterocycles. The molecule has 16 heavy (non-hydrogen) atoms. The highest BCUT2D eigenvalue weighted by Gasteiger charge is 2.29. The molecule has 1 saturated heterocycles. The Kier molecular flexibility index (Phi) is 5.68. The van der Waals surface area contributed by atoms with Gasteiger partial charge in [-0.2, -0.15) is 0 Å². The van der Waals surface area contributed by atoms with Crippen LogP contribution >= 0.6 is 15.9 Å². The van der Waals surface area contributed by atoms with Crippen molar-refractivity contribution < 1.29 is 19.4 Å². The van der Waals surface area contributed by atoms with E-state index in [1.165, 1.54) is 7.11 Å². The Morgan fingerprint density at radius 2 is 2.44 bits per heavy atom. The van der Waals surface area contributed by atoms with E-state index in [0.717, 1.165) is 0 Å². The zero-order valence-corrected chi connectivity index (χ0v) is 11.1. The van der Waals surface area contributed by atoms with E-state index in [9.17, 15) is 4.79 Å². The molecule has 1 heterocycles. The lowest BCUT2D eigenvalue weighted by molar-refractivity contribution is -0.141. The zero-order chi connectivity index (χ0) is 12.1. The van der Waals surface area contributed by atoms with Crippen LogP contribution in [0.3, 0.4) is 0 Å². The van der Waals surface area contributed by atoms with E-state index < -0.39 is 0 Å². The van der Waals surface area contributed by atoms with Crippen LogP contribution in [0.15, 0.2) is 0 Å². The molecule has 0 aliphatic carbocycles. The maximum atomic E-state index is 11.3. The van der Waals surface area contributed by atoms with Crippen molar-refractivity contribution in [1.29, 1.82) is 0 Å². The number of ether oxygens (including phenoxy) is 2. The van der Waals surface area contributed by atoms with Gasteiger partial charge in [-0.3, -0.25) is 9.69 Å². The number of rotatable bonds is 4. The summed E-state index contributed by atoms with van der Waals surface area (Å²) in [5.74, 6) is -0.278. The van der Waals surface area contributed by atoms with Crippen molar-refractivity contribution in [3.8, 4) is 0 Å². The largest absolute Gasteiger partial charge is 0.468 e. The Bertz CT molecular complexity index is 239. The van der Waals surface area contributed by atoms with Crippen molar-refractivity contribution in [2.75, 3.05) is 33.4 Å². The zero-order valence-electron chi connectivity index (χ0n) is 9.56. The molecule has 0 spiro atoms. The van der Waals surface area contributed by atoms with Crippen LogP contribution in [0.25, 0.3) is 0 Å². The Labute approximate surface area is 104 Å². The smallest absolute Gasteiger partial charge is 0.320 e. The number of aliphatic hydroxyl groups excluding tert-OH is 1. The molecule has 1 aliphatic rings. The minimum Gasteiger partial charge on any atom is -0.468 e. The minimum atomic E-state index is -0.336. The van der Waals surface area contributed by atoms with Gasteiger partial charge in [-0.05, 0) is 6.92 Å². The van der Waals surface area contributed by atoms with E-state index in [0.29, 0.717) is 19.7 Å². The third kappa shape index (κ3) is 3.69. The van der Waals surface area contributed by atoms with Crippen LogP contribution in [0.5, 0.6) is 0 Å². The van der Waals surface area contributed by atoms with Gasteiger partial charge in [0, 0.05) is 19.1 Å². The molecule has 3 unspecified atom stereocenters. The second kappa shape index (κ2) is 6.54. The molecule has 1 fully saturated rings. The summed E-state index contributed by atoms with van der Waals surface area (Å²) in [7, 11) is 1.37. The highest BCUT2D eigenvalue weighted by Crippen LogP contribution is 2.14. The topological polar surface area (TPSA) is 59.0 Å². The molecule has 0 aromatic carbocycles. The average molecular weight is 296 g/mol. The van der Waals surface area contributed by atoms with Crippen LogP contribution in [0.4, 0.5) is 0 Å². The van der Waals surface area contributed by atoms with Gasteiger partial charge in [-0.1, -0.05) is 15.9 Å². The van der Waals surface area contributed by atoms with Gasteiger partial charge in [0.1, 0.15) is 4.83 Å². The number of hydrogen-bond acceptors (Lipinski definition) is 5. The third-order valence-corrected chi connectivity index (χ3v) is 3.35. The second-order valence-corrected chi connectivity index (χ2v) is 5.04. The normalized spacial score (nSPS) is 28.8. The summed E-state index contributed by atoms with van der Waals surface area (Å²) in [4.78, 5) is 13.0. The number of esters is 1. The number of hydrogen-bond donors (Lipinski definition) is 1. The number of morpholine rings is 1. The highest BCUT2D eigenvalue weighted by molar-refractivity contribution is 9.10. The maximum Gasteiger partial charge on any atom is 0.320 e. The van der Waals surface area contributed by atoms with Crippen LogP contribution in [-0.4, -0.2) is 66.4 Å². The van der Waals surface area contributed by atoms with E-state index in [4.69, 9.17) is 9.84 Å². The quantitative estimate of drug-likeness (QED) is 0.585. The Balaban J connectivity index is 2.47. The number of aliphatic hydroxyl groups is 1. The fourth-order valence-corrected chi connectivity index (χ4v) is 2.21. The number of alkyl halides is 1. The predicted octanol–water partition coefficient (Wildman–Crippen LogP) is 0.00450. The highest BCUT2D eigenvalue weighted by atomic mass is 79.9. The predicted molar refractivity (Wildman–Crippen MR) is 62.6 cm³/mol. The van der Waals surface area contributed by atoms with Crippen molar-refractivity contribution in [2.24, 2.45) is 0 Å². The van der Waals surface area contributed by atoms with Crippen LogP contribution in [0.2, 0.25) is 0 Å². The summed E-state index contributed by atoms with van der Waals surface area (Å²) in [6, 6.07) is 0.243. The molecule has 0 aromatic heterocycles. The molecule has 0 aromatic rings. The monoisotopic (exact) mass is 295 g/mol. The van der Waals surface area contributed by atoms with E-state index in [2.05, 4.69) is 25.6 Å². The van der Waals surface area contributed by atoms with E-state index in [1.807, 2.05) is 6.92 Å². The number of halogens is 1. The third-order valence-electron chi connectivity index (χ3n) is 2.69. The van der Waals surface area contributed by atoms with Gasteiger partial charge < -0.3 is 14.6 Å². The first-order valence-corrected chi connectivity index (χ1v) is 6.18. The fraction of sp³-hybridized carbons (Fsp3) is 0.900. The molecule has 1 rings (SSSR count). The van der Waals surface area contributed by atoms with Crippen LogP contribution in [-0.2, 0) is 14.3 Å². The first-order valence-electron chi connectivity index (χ1n) is 5.26. The van der Waals surface area contributed by atoms with Gasteiger partial charge in [0.15, 0.2) is 0 Å². The standard InChI is InChI=1S/C10H18BrNO4/c1-7-6-16-8(5-13)3-12(7)4-9(11)10(14)15-2/h7-9,13H,3-6H2,1-2H3. The summed E-state index contributed by atoms with van der Waals surface area (Å²) in [5, 5.41) is 9.03. The van der Waals surface area contributed by atoms with E-state index in [-0.39, 0.29) is 29.5 Å². The van der Waals surface area contributed by atoms with Gasteiger partial charge >= 0.3 is 5.97 Å². The lowest BCUT2D eigenvalue weighted by Gasteiger charge is -2.37. The Hall–Kier alpha value is -0.170. The van der Waals surface area contributed by atoms with Crippen molar-refractivity contribution in [1.82, 2.24) is 4.90 Å². The maximum absolute atomic E-state index is 11.3. The molecule has 94 valence electrons. The van der Waals surface area contributed by atoms with Crippen LogP contribution in [0, 0.1) is 0 Å². The van der Waals surface area contributed by atoms with Crippen LogP contribution < -0.4 is 0 Å². The molecule has 5 nitrogen and oxygen atoms in total. The van der Waals surface area contributed by atoms with E-state index in [1.54, 1.807) is 0 Å². The number of carbonyl (C=O) groups is 1. The SMILES string of the molecule is COC(=O)C(Br)CN1CC(CO)OCC1C. The summed E-state index contributed by atoms with van der Waals surface area (Å²) in [5.41, 5.74) is 0. The summed E-state index contributed by atoms with van der Waals surface area (Å²) in [6.07, 6.45) is -0.159. The number of methoxy groups -OCH3 is 1. The minimum absolute atomic E-state index is 0.00833. The Morgan fingerprint density at radius 1 is 1.75 bits per heavy atom. The van der Waals surface area contributed by atoms with Gasteiger partial charge in [0.25, 0.3) is 0 Å². The lowest BCUT2D eigenvalue weighted by atomic mass is 10.2. The molecular weight excluding hydrogens is 278 g/mol. The Morgan fingerprint density at radius 3 is 3.00 bits per heavy atom. The van der Waals surface area contributed by atoms with Crippen molar-refractivity contribution in [2.45, 2.75) is 23.9 Å². The van der Waals surface area contributed by atoms with Gasteiger partial charge in [-0.25, -0.2) is 0 Å². The second-order valence-electron chi connectivity index (χ2n) is 3.93. The summed E-state index contributed by atoms with van der Waals surface area (Å²) >= 11 is 3.29. The summed E-state index contributed by atoms with van der Waals surface area (Å²) < 4.78 is 10.1. The van der Waals surface area contributed by atoms with Crippen molar-refractivity contribution in [3.63, 3.8) is 0 Å². The molecular formula is C10H18BrNO4. The van der Waals surface area contributed by atoms with Crippen molar-refractivity contribution in [3.05, 3.63) is 0 Å². The number of carbonyl (C=O) groups excluding carboxylic acids is 1. The molecule has 0 bridgehead atoms. The molecule has 0 saturated carbocycles. The summed E-state index contributed by atoms with van der Waals surface area (Å²) in [6.45, 7) is 3.82. The van der Waals surface area contributed by atoms with E-state index >= 15 is 0 Å². The van der Waals surface area contributed by atoms with Gasteiger partial charge in [0.2, 0.25) is 0 Å². The molecule has 1 N–H and O–H groups in total. The van der Waals surface area contributed by atoms with Crippen molar-refractivity contribution >= 4 is 21.9 Å². The molecule has 0 radical (unpaired) electrons. The first-order chi connectivity index (χ1) is 7.58.